The first-order valence-corrected chi connectivity index (χ1v) is 20.3. The summed E-state index contributed by atoms with van der Waals surface area (Å²) < 4.78 is 29.0. The van der Waals surface area contributed by atoms with Crippen LogP contribution in [0.5, 0.6) is 0 Å². The average Bonchev–Trinajstić information content (AvgIpc) is 3.55. The van der Waals surface area contributed by atoms with Gasteiger partial charge in [-0.15, -0.1) is 0 Å². The number of benzene rings is 4. The highest BCUT2D eigenvalue weighted by Crippen LogP contribution is 2.68. The van der Waals surface area contributed by atoms with Gasteiger partial charge in [-0.25, -0.2) is 0 Å². The van der Waals surface area contributed by atoms with E-state index in [4.69, 9.17) is 18.9 Å². The average molecular weight is 711 g/mol. The Hall–Kier alpha value is -3.54. The second kappa shape index (κ2) is 16.1. The van der Waals surface area contributed by atoms with Crippen LogP contribution in [0, 0.1) is 34.5 Å². The molecule has 0 heterocycles. The van der Waals surface area contributed by atoms with E-state index in [0.717, 1.165) is 12.8 Å². The molecule has 0 amide bonds. The van der Waals surface area contributed by atoms with E-state index in [1.165, 1.54) is 47.9 Å². The third-order valence-corrected chi connectivity index (χ3v) is 14.0. The number of fused-ring (bicyclic) bond motifs is 5. The van der Waals surface area contributed by atoms with Crippen LogP contribution in [0.3, 0.4) is 0 Å². The minimum Gasteiger partial charge on any atom is -0.371 e. The van der Waals surface area contributed by atoms with Crippen molar-refractivity contribution in [2.24, 2.45) is 34.5 Å². The molecule has 0 bridgehead atoms. The maximum atomic E-state index is 7.41. The predicted octanol–water partition coefficient (Wildman–Crippen LogP) is 11.1. The first-order chi connectivity index (χ1) is 26.0. The highest BCUT2D eigenvalue weighted by molar-refractivity contribution is 5.26. The van der Waals surface area contributed by atoms with Crippen molar-refractivity contribution in [2.75, 3.05) is 0 Å². The van der Waals surface area contributed by atoms with Crippen molar-refractivity contribution in [3.8, 4) is 0 Å². The van der Waals surface area contributed by atoms with Gasteiger partial charge in [-0.1, -0.05) is 147 Å². The summed E-state index contributed by atoms with van der Waals surface area (Å²) in [4.78, 5) is 0. The fourth-order valence-electron chi connectivity index (χ4n) is 11.4. The highest BCUT2D eigenvalue weighted by Gasteiger charge is 2.67. The molecule has 4 aromatic rings. The number of rotatable bonds is 12. The monoisotopic (exact) mass is 710 g/mol. The summed E-state index contributed by atoms with van der Waals surface area (Å²) in [6, 6.07) is 42.7. The molecule has 4 heteroatoms. The Kier molecular flexibility index (Phi) is 11.0. The normalized spacial score (nSPS) is 34.3. The Morgan fingerprint density at radius 2 is 1.00 bits per heavy atom. The van der Waals surface area contributed by atoms with E-state index < -0.39 is 0 Å². The van der Waals surface area contributed by atoms with Gasteiger partial charge in [0.15, 0.2) is 0 Å². The van der Waals surface area contributed by atoms with Crippen molar-refractivity contribution in [3.63, 3.8) is 0 Å². The van der Waals surface area contributed by atoms with Gasteiger partial charge in [0, 0.05) is 5.92 Å². The molecule has 53 heavy (non-hydrogen) atoms. The molecule has 10 atom stereocenters. The van der Waals surface area contributed by atoms with Crippen LogP contribution in [0.4, 0.5) is 0 Å². The third kappa shape index (κ3) is 7.33. The summed E-state index contributed by atoms with van der Waals surface area (Å²) >= 11 is 0. The summed E-state index contributed by atoms with van der Waals surface area (Å²) in [6.07, 6.45) is 8.94. The fraction of sp³-hybridized carbons (Fsp3) is 0.469. The Bertz CT molecular complexity index is 1780. The topological polar surface area (TPSA) is 36.9 Å². The Labute approximate surface area is 317 Å². The molecule has 0 aliphatic heterocycles. The van der Waals surface area contributed by atoms with E-state index in [9.17, 15) is 0 Å². The number of allylic oxidation sites excluding steroid dienone is 2. The van der Waals surface area contributed by atoms with Gasteiger partial charge in [-0.05, 0) is 96.3 Å². The standard InChI is InChI=1S/C49H58O4/c1-4-39-25-26-40-43-41(27-29-48(39,40)2)49(3)30-28-42(50-31-35-17-9-5-10-18-35)45(51-32-36-19-11-6-12-20-36)44(49)47(53-34-38-23-15-8-16-24-38)46(43)52-33-37-21-13-7-14-22-37/h4-24,40-47H,25-34H2,1-3H3/b39-4-/t40?,41?,42-,43?,44?,45+,46-,47-,48-,49-/m1/s1. The van der Waals surface area contributed by atoms with Gasteiger partial charge in [-0.2, -0.15) is 0 Å². The number of hydrogen-bond acceptors (Lipinski definition) is 4. The lowest BCUT2D eigenvalue weighted by molar-refractivity contribution is -0.284. The second-order valence-electron chi connectivity index (χ2n) is 16.8. The maximum Gasteiger partial charge on any atom is 0.0903 e. The van der Waals surface area contributed by atoms with Crippen molar-refractivity contribution >= 4 is 0 Å². The molecule has 4 unspecified atom stereocenters. The van der Waals surface area contributed by atoms with Crippen LogP contribution in [0.25, 0.3) is 0 Å². The Balaban J connectivity index is 1.22. The van der Waals surface area contributed by atoms with Gasteiger partial charge in [0.25, 0.3) is 0 Å². The van der Waals surface area contributed by atoms with Gasteiger partial charge in [0.05, 0.1) is 50.8 Å². The third-order valence-electron chi connectivity index (χ3n) is 14.0. The molecule has 8 rings (SSSR count). The van der Waals surface area contributed by atoms with E-state index >= 15 is 0 Å². The maximum absolute atomic E-state index is 7.41. The molecule has 4 saturated carbocycles. The summed E-state index contributed by atoms with van der Waals surface area (Å²) in [5, 5.41) is 0. The van der Waals surface area contributed by atoms with Crippen LogP contribution in [0.1, 0.15) is 81.5 Å². The highest BCUT2D eigenvalue weighted by atomic mass is 16.6. The van der Waals surface area contributed by atoms with E-state index in [2.05, 4.69) is 148 Å². The van der Waals surface area contributed by atoms with Crippen LogP contribution in [-0.2, 0) is 45.4 Å². The fourth-order valence-corrected chi connectivity index (χ4v) is 11.4. The van der Waals surface area contributed by atoms with Crippen molar-refractivity contribution in [1.29, 1.82) is 0 Å². The molecule has 4 aromatic carbocycles. The molecule has 0 aromatic heterocycles. The van der Waals surface area contributed by atoms with Gasteiger partial charge in [0.1, 0.15) is 0 Å². The van der Waals surface area contributed by atoms with Crippen LogP contribution in [0.2, 0.25) is 0 Å². The van der Waals surface area contributed by atoms with Crippen LogP contribution in [0.15, 0.2) is 133 Å². The second-order valence-corrected chi connectivity index (χ2v) is 16.8. The van der Waals surface area contributed by atoms with Gasteiger partial charge >= 0.3 is 0 Å². The first kappa shape index (κ1) is 36.4. The van der Waals surface area contributed by atoms with Crippen molar-refractivity contribution in [1.82, 2.24) is 0 Å². The number of hydrogen-bond donors (Lipinski definition) is 0. The lowest BCUT2D eigenvalue weighted by Crippen LogP contribution is -2.68. The van der Waals surface area contributed by atoms with Crippen molar-refractivity contribution in [2.45, 2.75) is 110 Å². The lowest BCUT2D eigenvalue weighted by atomic mass is 9.43. The molecule has 4 fully saturated rings. The molecule has 0 spiro atoms. The first-order valence-electron chi connectivity index (χ1n) is 20.3. The quantitative estimate of drug-likeness (QED) is 0.137. The van der Waals surface area contributed by atoms with E-state index in [-0.39, 0.29) is 41.2 Å². The Morgan fingerprint density at radius 1 is 0.528 bits per heavy atom. The zero-order chi connectivity index (χ0) is 36.3. The van der Waals surface area contributed by atoms with E-state index in [0.29, 0.717) is 44.2 Å². The Morgan fingerprint density at radius 3 is 1.51 bits per heavy atom. The smallest absolute Gasteiger partial charge is 0.0903 e. The molecule has 4 nitrogen and oxygen atoms in total. The zero-order valence-corrected chi connectivity index (χ0v) is 31.9. The molecule has 0 radical (unpaired) electrons. The summed E-state index contributed by atoms with van der Waals surface area (Å²) in [6.45, 7) is 9.66. The van der Waals surface area contributed by atoms with Crippen LogP contribution >= 0.6 is 0 Å². The summed E-state index contributed by atoms with van der Waals surface area (Å²) in [7, 11) is 0. The molecular weight excluding hydrogens is 653 g/mol. The minimum absolute atomic E-state index is 0.00655. The molecule has 4 aliphatic carbocycles. The van der Waals surface area contributed by atoms with E-state index in [1.54, 1.807) is 5.57 Å². The summed E-state index contributed by atoms with van der Waals surface area (Å²) in [5.74, 6) is 1.56. The lowest BCUT2D eigenvalue weighted by Gasteiger charge is -2.66. The van der Waals surface area contributed by atoms with Crippen molar-refractivity contribution in [3.05, 3.63) is 155 Å². The SMILES string of the molecule is C/C=C1/CCC2C3C(CC[C@]12C)[C@@]1(C)CC[C@@H](OCc2ccccc2)[C@H](OCc2ccccc2)C1[C@@H](OCc1ccccc1)[C@@H]3OCc1ccccc1. The summed E-state index contributed by atoms with van der Waals surface area (Å²) in [5.41, 5.74) is 6.65. The largest absolute Gasteiger partial charge is 0.371 e. The number of ether oxygens (including phenoxy) is 4. The van der Waals surface area contributed by atoms with Crippen LogP contribution in [-0.4, -0.2) is 24.4 Å². The van der Waals surface area contributed by atoms with Gasteiger partial charge in [0.2, 0.25) is 0 Å². The zero-order valence-electron chi connectivity index (χ0n) is 31.9. The minimum atomic E-state index is -0.161. The predicted molar refractivity (Wildman–Crippen MR) is 212 cm³/mol. The van der Waals surface area contributed by atoms with Gasteiger partial charge < -0.3 is 18.9 Å². The van der Waals surface area contributed by atoms with Crippen LogP contribution < -0.4 is 0 Å². The molecule has 278 valence electrons. The molecule has 4 aliphatic rings. The molecule has 0 N–H and O–H groups in total. The van der Waals surface area contributed by atoms with Gasteiger partial charge in [-0.3, -0.25) is 0 Å². The van der Waals surface area contributed by atoms with Crippen molar-refractivity contribution < 1.29 is 18.9 Å². The van der Waals surface area contributed by atoms with E-state index in [1.807, 2.05) is 0 Å². The molecule has 0 saturated heterocycles. The molecular formula is C49H58O4.